The topological polar surface area (TPSA) is 102 Å². The summed E-state index contributed by atoms with van der Waals surface area (Å²) in [6, 6.07) is 0. The first-order valence-electron chi connectivity index (χ1n) is 5.36. The van der Waals surface area contributed by atoms with Crippen LogP contribution in [0.1, 0.15) is 12.5 Å². The zero-order chi connectivity index (χ0) is 12.7. The first-order chi connectivity index (χ1) is 8.15. The molecule has 0 fully saturated rings. The monoisotopic (exact) mass is 239 g/mol. The number of primary amides is 1. The van der Waals surface area contributed by atoms with Crippen LogP contribution >= 0.6 is 0 Å². The predicted molar refractivity (Wildman–Crippen MR) is 65.0 cm³/mol. The summed E-state index contributed by atoms with van der Waals surface area (Å²) in [6.07, 6.45) is 0.696. The molecule has 1 amide bonds. The Morgan fingerprint density at radius 3 is 2.65 bits per heavy atom. The Hall–Kier alpha value is -2.05. The molecule has 1 aromatic rings. The van der Waals surface area contributed by atoms with E-state index in [4.69, 9.17) is 5.73 Å². The van der Waals surface area contributed by atoms with Gasteiger partial charge in [-0.3, -0.25) is 0 Å². The van der Waals surface area contributed by atoms with Crippen molar-refractivity contribution >= 4 is 17.7 Å². The number of nitrogens with two attached hydrogens (primary N) is 1. The van der Waals surface area contributed by atoms with Gasteiger partial charge in [-0.15, -0.1) is 0 Å². The third-order valence-corrected chi connectivity index (χ3v) is 2.07. The van der Waals surface area contributed by atoms with Gasteiger partial charge in [0.1, 0.15) is 24.6 Å². The lowest BCUT2D eigenvalue weighted by Gasteiger charge is -2.11. The minimum Gasteiger partial charge on any atom is -0.448 e. The summed E-state index contributed by atoms with van der Waals surface area (Å²) < 4.78 is 4.60. The van der Waals surface area contributed by atoms with Crippen molar-refractivity contribution in [2.75, 3.05) is 30.3 Å². The summed E-state index contributed by atoms with van der Waals surface area (Å²) in [5.41, 5.74) is 5.77. The van der Waals surface area contributed by atoms with Crippen LogP contribution in [0.5, 0.6) is 0 Å². The van der Waals surface area contributed by atoms with Crippen molar-refractivity contribution in [3.8, 4) is 0 Å². The molecule has 0 aliphatic carbocycles. The normalized spacial score (nSPS) is 9.76. The van der Waals surface area contributed by atoms with E-state index in [9.17, 15) is 4.79 Å². The third-order valence-electron chi connectivity index (χ3n) is 2.07. The minimum absolute atomic E-state index is 0.204. The number of carbonyl (C=O) groups excluding carboxylic acids is 1. The largest absolute Gasteiger partial charge is 0.448 e. The Bertz CT molecular complexity index is 383. The second-order valence-corrected chi connectivity index (χ2v) is 3.32. The van der Waals surface area contributed by atoms with Crippen molar-refractivity contribution in [3.63, 3.8) is 0 Å². The molecule has 0 saturated carbocycles. The van der Waals surface area contributed by atoms with Gasteiger partial charge in [-0.1, -0.05) is 0 Å². The van der Waals surface area contributed by atoms with Crippen molar-refractivity contribution in [1.29, 1.82) is 0 Å². The summed E-state index contributed by atoms with van der Waals surface area (Å²) in [6.45, 7) is 5.36. The molecule has 0 unspecified atom stereocenters. The number of nitrogens with zero attached hydrogens (tertiary/aromatic N) is 2. The number of ether oxygens (including phenoxy) is 1. The molecule has 7 nitrogen and oxygen atoms in total. The van der Waals surface area contributed by atoms with Gasteiger partial charge >= 0.3 is 6.09 Å². The lowest BCUT2D eigenvalue weighted by atomic mass is 10.3. The summed E-state index contributed by atoms with van der Waals surface area (Å²) >= 11 is 0. The molecule has 0 aliphatic rings. The maximum Gasteiger partial charge on any atom is 0.404 e. The molecule has 17 heavy (non-hydrogen) atoms. The fourth-order valence-electron chi connectivity index (χ4n) is 1.30. The number of carbonyl (C=O) groups is 1. The second-order valence-electron chi connectivity index (χ2n) is 3.32. The quantitative estimate of drug-likeness (QED) is 0.632. The number of hydrogen-bond donors (Lipinski definition) is 3. The summed E-state index contributed by atoms with van der Waals surface area (Å²) in [5, 5.41) is 6.17. The van der Waals surface area contributed by atoms with Crippen LogP contribution < -0.4 is 16.4 Å². The molecule has 0 atom stereocenters. The van der Waals surface area contributed by atoms with Crippen molar-refractivity contribution in [2.24, 2.45) is 5.73 Å². The third kappa shape index (κ3) is 4.13. The Kier molecular flexibility index (Phi) is 4.99. The Balaban J connectivity index is 2.53. The first-order valence-corrected chi connectivity index (χ1v) is 5.36. The van der Waals surface area contributed by atoms with Gasteiger partial charge in [0.15, 0.2) is 0 Å². The van der Waals surface area contributed by atoms with E-state index in [-0.39, 0.29) is 6.61 Å². The number of nitrogens with one attached hydrogen (secondary N) is 2. The predicted octanol–water partition coefficient (Wildman–Crippen LogP) is 0.724. The molecule has 4 N–H and O–H groups in total. The molecule has 94 valence electrons. The average Bonchev–Trinajstić information content (AvgIpc) is 2.29. The Morgan fingerprint density at radius 2 is 2.06 bits per heavy atom. The zero-order valence-electron chi connectivity index (χ0n) is 9.99. The van der Waals surface area contributed by atoms with Gasteiger partial charge in [-0.05, 0) is 13.8 Å². The molecule has 0 aromatic carbocycles. The van der Waals surface area contributed by atoms with E-state index in [0.29, 0.717) is 12.4 Å². The van der Waals surface area contributed by atoms with Crippen molar-refractivity contribution in [2.45, 2.75) is 13.8 Å². The zero-order valence-corrected chi connectivity index (χ0v) is 9.99. The summed E-state index contributed by atoms with van der Waals surface area (Å²) in [7, 11) is 0. The van der Waals surface area contributed by atoms with Gasteiger partial charge in [0.05, 0.1) is 6.54 Å². The van der Waals surface area contributed by atoms with Gasteiger partial charge in [-0.2, -0.15) is 0 Å². The molecule has 1 aromatic heterocycles. The summed E-state index contributed by atoms with van der Waals surface area (Å²) in [5.74, 6) is 1.50. The van der Waals surface area contributed by atoms with E-state index in [0.717, 1.165) is 17.9 Å². The van der Waals surface area contributed by atoms with Crippen LogP contribution in [-0.2, 0) is 4.74 Å². The first kappa shape index (κ1) is 13.0. The molecule has 0 bridgehead atoms. The molecule has 0 aliphatic heterocycles. The molecule has 0 radical (unpaired) electrons. The molecule has 1 rings (SSSR count). The molecule has 7 heteroatoms. The summed E-state index contributed by atoms with van der Waals surface area (Å²) in [4.78, 5) is 18.6. The lowest BCUT2D eigenvalue weighted by molar-refractivity contribution is 0.161. The van der Waals surface area contributed by atoms with Crippen LogP contribution in [0.4, 0.5) is 16.4 Å². The van der Waals surface area contributed by atoms with Crippen molar-refractivity contribution in [1.82, 2.24) is 9.97 Å². The van der Waals surface area contributed by atoms with Gasteiger partial charge in [0, 0.05) is 12.1 Å². The fourth-order valence-corrected chi connectivity index (χ4v) is 1.30. The number of aromatic nitrogens is 2. The minimum atomic E-state index is -0.778. The second kappa shape index (κ2) is 6.51. The van der Waals surface area contributed by atoms with Crippen LogP contribution in [0.15, 0.2) is 6.33 Å². The molecule has 0 spiro atoms. The highest BCUT2D eigenvalue weighted by molar-refractivity contribution is 5.64. The van der Waals surface area contributed by atoms with Crippen LogP contribution in [0.3, 0.4) is 0 Å². The smallest absolute Gasteiger partial charge is 0.404 e. The highest BCUT2D eigenvalue weighted by Crippen LogP contribution is 2.17. The molecule has 0 saturated heterocycles. The van der Waals surface area contributed by atoms with Crippen LogP contribution in [0.25, 0.3) is 0 Å². The van der Waals surface area contributed by atoms with Gasteiger partial charge in [0.25, 0.3) is 0 Å². The molecule has 1 heterocycles. The van der Waals surface area contributed by atoms with Crippen LogP contribution in [0.2, 0.25) is 0 Å². The van der Waals surface area contributed by atoms with E-state index < -0.39 is 6.09 Å². The van der Waals surface area contributed by atoms with E-state index in [2.05, 4.69) is 25.3 Å². The highest BCUT2D eigenvalue weighted by Gasteiger charge is 2.05. The lowest BCUT2D eigenvalue weighted by Crippen LogP contribution is -2.19. The van der Waals surface area contributed by atoms with Gasteiger partial charge in [-0.25, -0.2) is 14.8 Å². The number of anilines is 2. The fraction of sp³-hybridized carbons (Fsp3) is 0.500. The van der Waals surface area contributed by atoms with Gasteiger partial charge < -0.3 is 21.1 Å². The van der Waals surface area contributed by atoms with Crippen LogP contribution in [0, 0.1) is 6.92 Å². The van der Waals surface area contributed by atoms with Crippen molar-refractivity contribution < 1.29 is 9.53 Å². The van der Waals surface area contributed by atoms with E-state index in [1.54, 1.807) is 0 Å². The van der Waals surface area contributed by atoms with E-state index in [1.165, 1.54) is 6.33 Å². The highest BCUT2D eigenvalue weighted by atomic mass is 16.5. The number of amides is 1. The van der Waals surface area contributed by atoms with Crippen LogP contribution in [-0.4, -0.2) is 35.8 Å². The van der Waals surface area contributed by atoms with E-state index in [1.807, 2.05) is 13.8 Å². The standard InChI is InChI=1S/C10H17N5O2/c1-3-12-8-7(2)9(15-6-14-8)13-4-5-17-10(11)16/h6H,3-5H2,1-2H3,(H2,11,16)(H2,12,13,14,15). The van der Waals surface area contributed by atoms with E-state index >= 15 is 0 Å². The average molecular weight is 239 g/mol. The van der Waals surface area contributed by atoms with Gasteiger partial charge in [0.2, 0.25) is 0 Å². The Morgan fingerprint density at radius 1 is 1.41 bits per heavy atom. The Labute approximate surface area is 99.8 Å². The molecular formula is C10H17N5O2. The molecular weight excluding hydrogens is 222 g/mol. The number of hydrogen-bond acceptors (Lipinski definition) is 6. The van der Waals surface area contributed by atoms with Crippen molar-refractivity contribution in [3.05, 3.63) is 11.9 Å². The maximum absolute atomic E-state index is 10.4. The SMILES string of the molecule is CCNc1ncnc(NCCOC(N)=O)c1C. The number of rotatable bonds is 6. The maximum atomic E-state index is 10.4.